The van der Waals surface area contributed by atoms with Crippen LogP contribution < -0.4 is 0 Å². The van der Waals surface area contributed by atoms with Crippen molar-refractivity contribution in [2.45, 2.75) is 45.7 Å². The summed E-state index contributed by atoms with van der Waals surface area (Å²) in [5.41, 5.74) is 4.32. The van der Waals surface area contributed by atoms with Crippen LogP contribution in [0.3, 0.4) is 0 Å². The Kier molecular flexibility index (Phi) is 6.98. The number of carbonyl (C=O) groups is 1. The third kappa shape index (κ3) is 5.55. The first-order valence-electron chi connectivity index (χ1n) is 11.3. The molecule has 0 saturated carbocycles. The van der Waals surface area contributed by atoms with Crippen LogP contribution in [0.2, 0.25) is 0 Å². The quantitative estimate of drug-likeness (QED) is 0.338. The van der Waals surface area contributed by atoms with E-state index in [1.807, 2.05) is 86.3 Å². The number of amides is 1. The van der Waals surface area contributed by atoms with Crippen molar-refractivity contribution in [2.75, 3.05) is 0 Å². The van der Waals surface area contributed by atoms with Crippen LogP contribution in [0.5, 0.6) is 0 Å². The molecule has 0 saturated heterocycles. The van der Waals surface area contributed by atoms with Crippen LogP contribution in [0.1, 0.15) is 48.8 Å². The van der Waals surface area contributed by atoms with Crippen molar-refractivity contribution in [1.29, 1.82) is 0 Å². The Hall–Kier alpha value is -3.73. The summed E-state index contributed by atoms with van der Waals surface area (Å²) in [6, 6.07) is 28.3. The molecule has 0 spiro atoms. The average molecular weight is 440 g/mol. The highest BCUT2D eigenvalue weighted by molar-refractivity contribution is 5.78. The van der Waals surface area contributed by atoms with Gasteiger partial charge in [-0.15, -0.1) is 0 Å². The van der Waals surface area contributed by atoms with E-state index in [9.17, 15) is 4.79 Å². The van der Waals surface area contributed by atoms with Gasteiger partial charge >= 0.3 is 0 Å². The second-order valence-corrected chi connectivity index (χ2v) is 8.57. The standard InChI is InChI=1S/C28H29N3O2/c1-20(2)31(19-26-29-28(30-33-26)24-16-14-21(3)15-17-24)27(32)18-25(22-10-6-4-7-11-22)23-12-8-5-9-13-23/h4-17,20,25H,18-19H2,1-3H3. The minimum atomic E-state index is -0.0213. The molecule has 0 aliphatic heterocycles. The van der Waals surface area contributed by atoms with Gasteiger partial charge in [-0.1, -0.05) is 95.6 Å². The molecule has 1 amide bonds. The molecule has 0 fully saturated rings. The van der Waals surface area contributed by atoms with E-state index >= 15 is 0 Å². The van der Waals surface area contributed by atoms with Crippen molar-refractivity contribution in [3.8, 4) is 11.4 Å². The number of benzene rings is 3. The molecule has 4 aromatic rings. The van der Waals surface area contributed by atoms with Crippen molar-refractivity contribution < 1.29 is 9.32 Å². The zero-order valence-corrected chi connectivity index (χ0v) is 19.3. The van der Waals surface area contributed by atoms with E-state index < -0.39 is 0 Å². The third-order valence-electron chi connectivity index (χ3n) is 5.81. The maximum atomic E-state index is 13.5. The Balaban J connectivity index is 1.54. The van der Waals surface area contributed by atoms with Crippen LogP contribution in [0.25, 0.3) is 11.4 Å². The summed E-state index contributed by atoms with van der Waals surface area (Å²) in [7, 11) is 0. The molecule has 1 aromatic heterocycles. The third-order valence-corrected chi connectivity index (χ3v) is 5.81. The molecule has 0 aliphatic rings. The van der Waals surface area contributed by atoms with Gasteiger partial charge in [-0.2, -0.15) is 4.98 Å². The molecule has 0 bridgehead atoms. The maximum absolute atomic E-state index is 13.5. The van der Waals surface area contributed by atoms with E-state index in [4.69, 9.17) is 4.52 Å². The molecule has 0 unspecified atom stereocenters. The monoisotopic (exact) mass is 439 g/mol. The summed E-state index contributed by atoms with van der Waals surface area (Å²) >= 11 is 0. The number of hydrogen-bond donors (Lipinski definition) is 0. The number of carbonyl (C=O) groups excluding carboxylic acids is 1. The smallest absolute Gasteiger partial charge is 0.246 e. The molecule has 4 rings (SSSR count). The van der Waals surface area contributed by atoms with Crippen LogP contribution in [0.15, 0.2) is 89.5 Å². The number of hydrogen-bond acceptors (Lipinski definition) is 4. The first kappa shape index (κ1) is 22.5. The lowest BCUT2D eigenvalue weighted by Gasteiger charge is -2.28. The molecule has 0 radical (unpaired) electrons. The number of aryl methyl sites for hydroxylation is 1. The number of nitrogens with zero attached hydrogens (tertiary/aromatic N) is 3. The van der Waals surface area contributed by atoms with Crippen molar-refractivity contribution >= 4 is 5.91 Å². The van der Waals surface area contributed by atoms with Gasteiger partial charge in [0.15, 0.2) is 0 Å². The minimum absolute atomic E-state index is 0.000536. The fraction of sp³-hybridized carbons (Fsp3) is 0.250. The molecule has 0 N–H and O–H groups in total. The molecule has 0 aliphatic carbocycles. The fourth-order valence-electron chi connectivity index (χ4n) is 3.93. The topological polar surface area (TPSA) is 59.2 Å². The Bertz CT molecular complexity index is 1130. The van der Waals surface area contributed by atoms with Crippen LogP contribution in [0.4, 0.5) is 0 Å². The molecule has 5 nitrogen and oxygen atoms in total. The summed E-state index contributed by atoms with van der Waals surface area (Å²) in [5.74, 6) is 1.00. The van der Waals surface area contributed by atoms with Gasteiger partial charge in [-0.3, -0.25) is 4.79 Å². The molecule has 168 valence electrons. The van der Waals surface area contributed by atoms with Crippen molar-refractivity contribution in [3.63, 3.8) is 0 Å². The van der Waals surface area contributed by atoms with E-state index in [0.717, 1.165) is 16.7 Å². The minimum Gasteiger partial charge on any atom is -0.337 e. The first-order valence-corrected chi connectivity index (χ1v) is 11.3. The largest absolute Gasteiger partial charge is 0.337 e. The Morgan fingerprint density at radius 3 is 2.00 bits per heavy atom. The first-order chi connectivity index (χ1) is 16.0. The Morgan fingerprint density at radius 1 is 0.879 bits per heavy atom. The van der Waals surface area contributed by atoms with E-state index in [0.29, 0.717) is 18.1 Å². The molecular weight excluding hydrogens is 410 g/mol. The maximum Gasteiger partial charge on any atom is 0.246 e. The van der Waals surface area contributed by atoms with E-state index in [2.05, 4.69) is 34.4 Å². The summed E-state index contributed by atoms with van der Waals surface area (Å²) in [6.45, 7) is 6.34. The summed E-state index contributed by atoms with van der Waals surface area (Å²) in [4.78, 5) is 19.8. The lowest BCUT2D eigenvalue weighted by Crippen LogP contribution is -2.37. The van der Waals surface area contributed by atoms with Gasteiger partial charge in [-0.05, 0) is 31.9 Å². The van der Waals surface area contributed by atoms with E-state index in [-0.39, 0.29) is 24.4 Å². The molecular formula is C28H29N3O2. The molecule has 33 heavy (non-hydrogen) atoms. The van der Waals surface area contributed by atoms with Crippen LogP contribution in [0, 0.1) is 6.92 Å². The van der Waals surface area contributed by atoms with E-state index in [1.54, 1.807) is 0 Å². The zero-order chi connectivity index (χ0) is 23.2. The van der Waals surface area contributed by atoms with Crippen molar-refractivity contribution in [3.05, 3.63) is 108 Å². The molecule has 3 aromatic carbocycles. The lowest BCUT2D eigenvalue weighted by molar-refractivity contribution is -0.134. The highest BCUT2D eigenvalue weighted by atomic mass is 16.5. The molecule has 5 heteroatoms. The normalized spacial score (nSPS) is 11.2. The number of rotatable bonds is 8. The average Bonchev–Trinajstić information content (AvgIpc) is 3.31. The second-order valence-electron chi connectivity index (χ2n) is 8.57. The Labute approximate surface area is 195 Å². The Morgan fingerprint density at radius 2 is 1.45 bits per heavy atom. The molecule has 0 atom stereocenters. The zero-order valence-electron chi connectivity index (χ0n) is 19.3. The summed E-state index contributed by atoms with van der Waals surface area (Å²) in [6.07, 6.45) is 0.366. The van der Waals surface area contributed by atoms with Gasteiger partial charge in [-0.25, -0.2) is 0 Å². The highest BCUT2D eigenvalue weighted by Crippen LogP contribution is 2.29. The summed E-state index contributed by atoms with van der Waals surface area (Å²) < 4.78 is 5.50. The van der Waals surface area contributed by atoms with Gasteiger partial charge in [0.2, 0.25) is 17.6 Å². The predicted octanol–water partition coefficient (Wildman–Crippen LogP) is 6.00. The van der Waals surface area contributed by atoms with E-state index in [1.165, 1.54) is 5.56 Å². The summed E-state index contributed by atoms with van der Waals surface area (Å²) in [5, 5.41) is 4.12. The predicted molar refractivity (Wildman–Crippen MR) is 130 cm³/mol. The molecule has 1 heterocycles. The second kappa shape index (κ2) is 10.3. The van der Waals surface area contributed by atoms with Crippen LogP contribution >= 0.6 is 0 Å². The fourth-order valence-corrected chi connectivity index (χ4v) is 3.93. The number of aromatic nitrogens is 2. The highest BCUT2D eigenvalue weighted by Gasteiger charge is 2.25. The van der Waals surface area contributed by atoms with Crippen molar-refractivity contribution in [1.82, 2.24) is 15.0 Å². The lowest BCUT2D eigenvalue weighted by atomic mass is 9.88. The van der Waals surface area contributed by atoms with Gasteiger partial charge in [0.05, 0.1) is 0 Å². The van der Waals surface area contributed by atoms with Gasteiger partial charge in [0.1, 0.15) is 6.54 Å². The van der Waals surface area contributed by atoms with Gasteiger partial charge < -0.3 is 9.42 Å². The van der Waals surface area contributed by atoms with Crippen LogP contribution in [-0.2, 0) is 11.3 Å². The van der Waals surface area contributed by atoms with Gasteiger partial charge in [0, 0.05) is 23.9 Å². The SMILES string of the molecule is Cc1ccc(-c2noc(CN(C(=O)CC(c3ccccc3)c3ccccc3)C(C)C)n2)cc1. The van der Waals surface area contributed by atoms with Crippen molar-refractivity contribution in [2.24, 2.45) is 0 Å². The van der Waals surface area contributed by atoms with Crippen LogP contribution in [-0.4, -0.2) is 27.0 Å². The van der Waals surface area contributed by atoms with Gasteiger partial charge in [0.25, 0.3) is 0 Å².